The van der Waals surface area contributed by atoms with Gasteiger partial charge in [0.15, 0.2) is 11.5 Å². The van der Waals surface area contributed by atoms with Crippen LogP contribution in [0.2, 0.25) is 5.02 Å². The van der Waals surface area contributed by atoms with E-state index in [1.807, 2.05) is 18.2 Å². The molecule has 8 heteroatoms. The number of nitrogens with zero attached hydrogens (tertiary/aromatic N) is 1. The Hall–Kier alpha value is -2.38. The molecule has 28 heavy (non-hydrogen) atoms. The molecule has 1 N–H and O–H groups in total. The highest BCUT2D eigenvalue weighted by molar-refractivity contribution is 7.80. The monoisotopic (exact) mass is 418 g/mol. The summed E-state index contributed by atoms with van der Waals surface area (Å²) in [5, 5.41) is 15.0. The van der Waals surface area contributed by atoms with Gasteiger partial charge in [0.1, 0.15) is 5.02 Å². The van der Waals surface area contributed by atoms with Gasteiger partial charge < -0.3 is 14.8 Å². The van der Waals surface area contributed by atoms with Crippen LogP contribution < -0.4 is 14.8 Å². The van der Waals surface area contributed by atoms with Crippen molar-refractivity contribution >= 4 is 34.5 Å². The van der Waals surface area contributed by atoms with Crippen molar-refractivity contribution in [2.45, 2.75) is 24.8 Å². The lowest BCUT2D eigenvalue weighted by Gasteiger charge is -2.32. The zero-order chi connectivity index (χ0) is 20.0. The van der Waals surface area contributed by atoms with Crippen LogP contribution in [-0.4, -0.2) is 24.1 Å². The van der Waals surface area contributed by atoms with E-state index in [-0.39, 0.29) is 28.6 Å². The number of nitro groups is 1. The average molecular weight is 419 g/mol. The number of rotatable bonds is 4. The van der Waals surface area contributed by atoms with E-state index in [0.717, 1.165) is 34.5 Å². The number of ether oxygens (including phenoxy) is 2. The van der Waals surface area contributed by atoms with Gasteiger partial charge >= 0.3 is 0 Å². The first kappa shape index (κ1) is 19.0. The van der Waals surface area contributed by atoms with Gasteiger partial charge in [0.2, 0.25) is 0 Å². The third-order valence-electron chi connectivity index (χ3n) is 5.66. The Morgan fingerprint density at radius 2 is 1.86 bits per heavy atom. The molecule has 0 radical (unpaired) electrons. The summed E-state index contributed by atoms with van der Waals surface area (Å²) in [5.74, 6) is 1.49. The molecule has 6 nitrogen and oxygen atoms in total. The average Bonchev–Trinajstić information content (AvgIpc) is 2.99. The molecule has 0 bridgehead atoms. The molecule has 2 aliphatic rings. The Bertz CT molecular complexity index is 981. The molecule has 3 unspecified atom stereocenters. The van der Waals surface area contributed by atoms with Gasteiger partial charge in [0, 0.05) is 12.0 Å². The van der Waals surface area contributed by atoms with E-state index < -0.39 is 4.92 Å². The Morgan fingerprint density at radius 3 is 2.50 bits per heavy atom. The number of piperidine rings is 1. The van der Waals surface area contributed by atoms with E-state index in [1.165, 1.54) is 0 Å². The van der Waals surface area contributed by atoms with E-state index in [2.05, 4.69) is 5.32 Å². The van der Waals surface area contributed by atoms with Crippen LogP contribution >= 0.6 is 23.8 Å². The number of hydrogen-bond donors (Lipinski definition) is 1. The molecule has 4 rings (SSSR count). The number of halogens is 1. The zero-order valence-corrected chi connectivity index (χ0v) is 17.0. The van der Waals surface area contributed by atoms with Gasteiger partial charge in [-0.2, -0.15) is 0 Å². The molecule has 1 saturated heterocycles. The Morgan fingerprint density at radius 1 is 1.18 bits per heavy atom. The summed E-state index contributed by atoms with van der Waals surface area (Å²) in [6.45, 7) is 0. The first-order valence-corrected chi connectivity index (χ1v) is 9.72. The van der Waals surface area contributed by atoms with E-state index in [0.29, 0.717) is 11.5 Å². The number of thiocarbonyl (C=S) groups is 1. The van der Waals surface area contributed by atoms with Crippen LogP contribution in [0, 0.1) is 16.0 Å². The normalized spacial score (nSPS) is 22.8. The molecule has 0 aromatic heterocycles. The SMILES string of the molecule is COc1cc2c(cc1OC)C(c1ccc(Cl)c([N+](=O)[O-])c1)C1CCC(=S)NC21. The lowest BCUT2D eigenvalue weighted by Crippen LogP contribution is -2.36. The lowest BCUT2D eigenvalue weighted by atomic mass is 9.80. The molecule has 1 aliphatic heterocycles. The van der Waals surface area contributed by atoms with Crippen LogP contribution in [0.3, 0.4) is 0 Å². The molecule has 1 aliphatic carbocycles. The second kappa shape index (κ2) is 7.22. The maximum absolute atomic E-state index is 11.4. The summed E-state index contributed by atoms with van der Waals surface area (Å²) in [5.41, 5.74) is 2.95. The van der Waals surface area contributed by atoms with Crippen molar-refractivity contribution in [2.75, 3.05) is 14.2 Å². The van der Waals surface area contributed by atoms with Crippen LogP contribution in [-0.2, 0) is 0 Å². The predicted molar refractivity (Wildman–Crippen MR) is 111 cm³/mol. The zero-order valence-electron chi connectivity index (χ0n) is 15.4. The van der Waals surface area contributed by atoms with Gasteiger partial charge in [-0.15, -0.1) is 0 Å². The molecule has 0 saturated carbocycles. The second-order valence-electron chi connectivity index (χ2n) is 7.03. The minimum atomic E-state index is -0.442. The third-order valence-corrected chi connectivity index (χ3v) is 6.30. The Kier molecular flexibility index (Phi) is 4.89. The van der Waals surface area contributed by atoms with Gasteiger partial charge in [-0.1, -0.05) is 29.9 Å². The first-order valence-electron chi connectivity index (χ1n) is 8.93. The Labute approximate surface area is 172 Å². The summed E-state index contributed by atoms with van der Waals surface area (Å²) in [7, 11) is 3.21. The van der Waals surface area contributed by atoms with Gasteiger partial charge in [0.05, 0.1) is 30.2 Å². The lowest BCUT2D eigenvalue weighted by molar-refractivity contribution is -0.384. The van der Waals surface area contributed by atoms with Gasteiger partial charge in [-0.25, -0.2) is 0 Å². The van der Waals surface area contributed by atoms with Crippen molar-refractivity contribution in [3.63, 3.8) is 0 Å². The van der Waals surface area contributed by atoms with Crippen molar-refractivity contribution in [1.82, 2.24) is 5.32 Å². The fourth-order valence-electron chi connectivity index (χ4n) is 4.45. The van der Waals surface area contributed by atoms with Gasteiger partial charge in [0.25, 0.3) is 5.69 Å². The summed E-state index contributed by atoms with van der Waals surface area (Å²) in [6, 6.07) is 9.05. The number of fused-ring (bicyclic) bond motifs is 3. The maximum atomic E-state index is 11.4. The fourth-order valence-corrected chi connectivity index (χ4v) is 4.89. The van der Waals surface area contributed by atoms with Crippen molar-refractivity contribution in [2.24, 2.45) is 5.92 Å². The van der Waals surface area contributed by atoms with Crippen molar-refractivity contribution in [3.8, 4) is 11.5 Å². The number of hydrogen-bond acceptors (Lipinski definition) is 5. The minimum Gasteiger partial charge on any atom is -0.493 e. The third kappa shape index (κ3) is 2.99. The molecule has 1 fully saturated rings. The van der Waals surface area contributed by atoms with E-state index in [9.17, 15) is 10.1 Å². The van der Waals surface area contributed by atoms with E-state index >= 15 is 0 Å². The molecule has 2 aromatic carbocycles. The van der Waals surface area contributed by atoms with Gasteiger partial charge in [-0.3, -0.25) is 10.1 Å². The molecule has 0 amide bonds. The second-order valence-corrected chi connectivity index (χ2v) is 7.93. The van der Waals surface area contributed by atoms with Crippen LogP contribution in [0.25, 0.3) is 0 Å². The largest absolute Gasteiger partial charge is 0.493 e. The van der Waals surface area contributed by atoms with Crippen LogP contribution in [0.5, 0.6) is 11.5 Å². The highest BCUT2D eigenvalue weighted by Crippen LogP contribution is 2.54. The van der Waals surface area contributed by atoms with Crippen molar-refractivity contribution in [3.05, 3.63) is 62.2 Å². The number of methoxy groups -OCH3 is 2. The summed E-state index contributed by atoms with van der Waals surface area (Å²) in [6.07, 6.45) is 1.70. The predicted octanol–water partition coefficient (Wildman–Crippen LogP) is 4.78. The highest BCUT2D eigenvalue weighted by atomic mass is 35.5. The van der Waals surface area contributed by atoms with E-state index in [4.69, 9.17) is 33.3 Å². The number of nitro benzene ring substituents is 1. The van der Waals surface area contributed by atoms with Crippen molar-refractivity contribution in [1.29, 1.82) is 0 Å². The van der Waals surface area contributed by atoms with Crippen LogP contribution in [0.4, 0.5) is 5.69 Å². The molecule has 1 heterocycles. The smallest absolute Gasteiger partial charge is 0.288 e. The number of nitrogens with one attached hydrogen (secondary N) is 1. The fraction of sp³-hybridized carbons (Fsp3) is 0.350. The highest BCUT2D eigenvalue weighted by Gasteiger charge is 2.44. The molecular formula is C20H19ClN2O4S. The van der Waals surface area contributed by atoms with E-state index in [1.54, 1.807) is 26.4 Å². The Balaban J connectivity index is 1.90. The molecule has 0 spiro atoms. The standard InChI is InChI=1S/C20H19ClN2O4S/c1-26-16-8-12-13(9-17(16)27-2)20-11(4-6-18(28)22-20)19(12)10-3-5-14(21)15(7-10)23(24)25/h3,5,7-9,11,19-20H,4,6H2,1-2H3,(H,22,28). The molecule has 146 valence electrons. The maximum Gasteiger partial charge on any atom is 0.288 e. The number of benzene rings is 2. The first-order chi connectivity index (χ1) is 13.4. The quantitative estimate of drug-likeness (QED) is 0.437. The van der Waals surface area contributed by atoms with Crippen LogP contribution in [0.15, 0.2) is 30.3 Å². The molecule has 2 aromatic rings. The van der Waals surface area contributed by atoms with Crippen molar-refractivity contribution < 1.29 is 14.4 Å². The summed E-state index contributed by atoms with van der Waals surface area (Å²) >= 11 is 11.5. The summed E-state index contributed by atoms with van der Waals surface area (Å²) < 4.78 is 11.0. The van der Waals surface area contributed by atoms with Crippen LogP contribution in [0.1, 0.15) is 41.5 Å². The molecule has 3 atom stereocenters. The van der Waals surface area contributed by atoms with Gasteiger partial charge in [-0.05, 0) is 53.6 Å². The molecular weight excluding hydrogens is 400 g/mol. The topological polar surface area (TPSA) is 73.6 Å². The summed E-state index contributed by atoms with van der Waals surface area (Å²) in [4.78, 5) is 11.8. The minimum absolute atomic E-state index is 0.0219.